The number of benzene rings is 4. The molecule has 8 aromatic rings. The van der Waals surface area contributed by atoms with E-state index in [4.69, 9.17) is 19.9 Å². The predicted octanol–water partition coefficient (Wildman–Crippen LogP) is 20.7. The van der Waals surface area contributed by atoms with Crippen LogP contribution in [0.25, 0.3) is 72.0 Å². The predicted molar refractivity (Wildman–Crippen MR) is 304 cm³/mol. The number of thiazole rings is 4. The zero-order chi connectivity index (χ0) is 46.9. The normalized spacial score (nSPS) is 12.0. The fourth-order valence-corrected chi connectivity index (χ4v) is 13.8. The number of hydrogen-bond donors (Lipinski definition) is 0. The van der Waals surface area contributed by atoms with Gasteiger partial charge in [0.05, 0.1) is 40.9 Å². The number of nitrogens with zero attached hydrogens (tertiary/aromatic N) is 4. The van der Waals surface area contributed by atoms with Crippen LogP contribution in [0.15, 0.2) is 60.7 Å². The molecule has 0 spiro atoms. The molecule has 362 valence electrons. The first kappa shape index (κ1) is 50.8. The lowest BCUT2D eigenvalue weighted by molar-refractivity contribution is 0.605. The number of aromatic nitrogens is 4. The van der Waals surface area contributed by atoms with Gasteiger partial charge in [0.2, 0.25) is 0 Å². The first-order valence-electron chi connectivity index (χ1n) is 27.2. The van der Waals surface area contributed by atoms with Crippen LogP contribution in [0.3, 0.4) is 0 Å². The van der Waals surface area contributed by atoms with Crippen molar-refractivity contribution in [3.05, 3.63) is 82.9 Å². The minimum Gasteiger partial charge on any atom is -0.236 e. The number of hydrogen-bond acceptors (Lipinski definition) is 8. The number of unbranched alkanes of at least 4 members (excludes halogenated alkanes) is 20. The first-order chi connectivity index (χ1) is 33.5. The van der Waals surface area contributed by atoms with E-state index < -0.39 is 0 Å². The molecule has 0 aliphatic carbocycles. The fourth-order valence-electron chi connectivity index (χ4n) is 9.92. The van der Waals surface area contributed by atoms with Crippen molar-refractivity contribution in [3.8, 4) is 31.2 Å². The highest BCUT2D eigenvalue weighted by molar-refractivity contribution is 7.28. The number of rotatable bonds is 31. The summed E-state index contributed by atoms with van der Waals surface area (Å²) in [6.07, 6.45) is 36.6. The second-order valence-electron chi connectivity index (χ2n) is 19.8. The van der Waals surface area contributed by atoms with E-state index in [9.17, 15) is 0 Å². The highest BCUT2D eigenvalue weighted by Gasteiger charge is 2.18. The fraction of sp³-hybridized carbons (Fsp3) is 0.533. The zero-order valence-electron chi connectivity index (χ0n) is 42.0. The Labute approximate surface area is 424 Å². The molecule has 8 rings (SSSR count). The first-order valence-corrected chi connectivity index (χ1v) is 30.5. The van der Waals surface area contributed by atoms with Gasteiger partial charge in [0.25, 0.3) is 0 Å². The van der Waals surface area contributed by atoms with Crippen molar-refractivity contribution in [2.24, 2.45) is 0 Å². The summed E-state index contributed by atoms with van der Waals surface area (Å²) in [7, 11) is 0. The van der Waals surface area contributed by atoms with Crippen molar-refractivity contribution in [3.63, 3.8) is 0 Å². The smallest absolute Gasteiger partial charge is 0.153 e. The molecule has 4 aromatic heterocycles. The number of fused-ring (bicyclic) bond motifs is 4. The Balaban J connectivity index is 0.982. The highest BCUT2D eigenvalue weighted by Crippen LogP contribution is 2.41. The lowest BCUT2D eigenvalue weighted by atomic mass is 9.97. The van der Waals surface area contributed by atoms with Gasteiger partial charge in [-0.1, -0.05) is 168 Å². The van der Waals surface area contributed by atoms with Gasteiger partial charge in [0, 0.05) is 11.1 Å². The van der Waals surface area contributed by atoms with Crippen LogP contribution < -0.4 is 0 Å². The molecule has 4 nitrogen and oxygen atoms in total. The minimum atomic E-state index is 0.984. The van der Waals surface area contributed by atoms with E-state index in [-0.39, 0.29) is 0 Å². The van der Waals surface area contributed by atoms with Crippen molar-refractivity contribution < 1.29 is 0 Å². The van der Waals surface area contributed by atoms with Gasteiger partial charge in [-0.2, -0.15) is 0 Å². The van der Waals surface area contributed by atoms with Crippen LogP contribution in [0.2, 0.25) is 0 Å². The van der Waals surface area contributed by atoms with Gasteiger partial charge < -0.3 is 0 Å². The maximum absolute atomic E-state index is 5.29. The summed E-state index contributed by atoms with van der Waals surface area (Å²) in [5.74, 6) is 0. The largest absolute Gasteiger partial charge is 0.236 e. The van der Waals surface area contributed by atoms with E-state index in [1.165, 1.54) is 206 Å². The molecule has 0 N–H and O–H groups in total. The lowest BCUT2D eigenvalue weighted by Crippen LogP contribution is -1.93. The Morgan fingerprint density at radius 2 is 0.500 bits per heavy atom. The minimum absolute atomic E-state index is 0.984. The van der Waals surface area contributed by atoms with Gasteiger partial charge in [0.1, 0.15) is 10.0 Å². The van der Waals surface area contributed by atoms with Crippen LogP contribution >= 0.6 is 45.3 Å². The summed E-state index contributed by atoms with van der Waals surface area (Å²) in [6, 6.07) is 23.8. The molecule has 8 heteroatoms. The van der Waals surface area contributed by atoms with Crippen molar-refractivity contribution in [2.75, 3.05) is 0 Å². The Hall–Kier alpha value is -3.56. The van der Waals surface area contributed by atoms with Gasteiger partial charge >= 0.3 is 0 Å². The second kappa shape index (κ2) is 26.6. The SMILES string of the molecule is CCCCCCCCc1cc(CCCCCCCC)cc(-c2nc3cc4sc(-c5nc6cc7sc(-c8cc(CCCCCCCC)cc(CCCCCCCC)c8)nc7cc6s5)nc4cc3s2)c1. The summed E-state index contributed by atoms with van der Waals surface area (Å²) in [4.78, 5) is 21.0. The molecule has 0 bridgehead atoms. The van der Waals surface area contributed by atoms with Gasteiger partial charge in [-0.15, -0.1) is 45.3 Å². The third kappa shape index (κ3) is 14.3. The summed E-state index contributed by atoms with van der Waals surface area (Å²) in [5, 5.41) is 4.23. The third-order valence-corrected chi connectivity index (χ3v) is 18.2. The molecule has 0 aliphatic heterocycles. The van der Waals surface area contributed by atoms with Crippen LogP contribution in [-0.2, 0) is 25.7 Å². The average Bonchev–Trinajstić information content (AvgIpc) is 4.16. The topological polar surface area (TPSA) is 51.6 Å². The molecule has 0 radical (unpaired) electrons. The molecule has 4 heterocycles. The summed E-state index contributed by atoms with van der Waals surface area (Å²) < 4.78 is 4.76. The van der Waals surface area contributed by atoms with Gasteiger partial charge in [0.15, 0.2) is 10.0 Å². The molecular formula is C60H78N4S4. The molecular weight excluding hydrogens is 905 g/mol. The van der Waals surface area contributed by atoms with Gasteiger partial charge in [-0.3, -0.25) is 0 Å². The molecule has 0 atom stereocenters. The highest BCUT2D eigenvalue weighted by atomic mass is 32.1. The molecule has 0 saturated heterocycles. The van der Waals surface area contributed by atoms with Crippen molar-refractivity contribution in [2.45, 2.75) is 207 Å². The Bertz CT molecular complexity index is 2430. The van der Waals surface area contributed by atoms with Crippen LogP contribution in [0.4, 0.5) is 0 Å². The van der Waals surface area contributed by atoms with E-state index >= 15 is 0 Å². The van der Waals surface area contributed by atoms with E-state index in [1.54, 1.807) is 22.7 Å². The Morgan fingerprint density at radius 3 is 0.779 bits per heavy atom. The Kier molecular flexibility index (Phi) is 19.9. The molecule has 0 unspecified atom stereocenters. The lowest BCUT2D eigenvalue weighted by Gasteiger charge is -2.09. The van der Waals surface area contributed by atoms with Crippen molar-refractivity contribution >= 4 is 86.2 Å². The van der Waals surface area contributed by atoms with Gasteiger partial charge in [-0.05, 0) is 122 Å². The van der Waals surface area contributed by atoms with E-state index in [0.29, 0.717) is 0 Å². The standard InChI is InChI=1S/C60H78N4S4/c1-5-9-13-17-21-25-29-43-33-44(30-26-22-18-14-10-6-2)36-47(35-43)57-61-49-39-55-51(41-53(49)65-57)63-59(67-55)60-64-52-42-54-50(40-56(52)68-60)62-58(66-54)48-37-45(31-27-23-19-15-11-7-3)34-46(38-48)32-28-24-20-16-12-8-4/h33-42H,5-32H2,1-4H3. The van der Waals surface area contributed by atoms with E-state index in [0.717, 1.165) is 67.8 Å². The van der Waals surface area contributed by atoms with Crippen molar-refractivity contribution in [1.29, 1.82) is 0 Å². The molecule has 0 saturated carbocycles. The van der Waals surface area contributed by atoms with Gasteiger partial charge in [-0.25, -0.2) is 19.9 Å². The van der Waals surface area contributed by atoms with E-state index in [1.807, 2.05) is 22.7 Å². The van der Waals surface area contributed by atoms with E-state index in [2.05, 4.69) is 88.4 Å². The summed E-state index contributed by atoms with van der Waals surface area (Å²) >= 11 is 7.11. The quantitative estimate of drug-likeness (QED) is 0.0407. The van der Waals surface area contributed by atoms with Crippen molar-refractivity contribution in [1.82, 2.24) is 19.9 Å². The molecule has 0 amide bonds. The summed E-state index contributed by atoms with van der Waals surface area (Å²) in [5.41, 5.74) is 12.7. The second-order valence-corrected chi connectivity index (χ2v) is 23.9. The maximum atomic E-state index is 5.29. The Morgan fingerprint density at radius 1 is 0.265 bits per heavy atom. The number of aryl methyl sites for hydroxylation is 4. The monoisotopic (exact) mass is 983 g/mol. The zero-order valence-corrected chi connectivity index (χ0v) is 45.3. The average molecular weight is 984 g/mol. The molecule has 4 aromatic carbocycles. The molecule has 68 heavy (non-hydrogen) atoms. The molecule has 0 aliphatic rings. The third-order valence-electron chi connectivity index (χ3n) is 13.9. The van der Waals surface area contributed by atoms with Crippen LogP contribution in [0.5, 0.6) is 0 Å². The summed E-state index contributed by atoms with van der Waals surface area (Å²) in [6.45, 7) is 9.20. The van der Waals surface area contributed by atoms with Crippen LogP contribution in [0, 0.1) is 0 Å². The van der Waals surface area contributed by atoms with Crippen LogP contribution in [-0.4, -0.2) is 19.9 Å². The molecule has 0 fully saturated rings. The van der Waals surface area contributed by atoms with Crippen LogP contribution in [0.1, 0.15) is 204 Å². The maximum Gasteiger partial charge on any atom is 0.153 e.